The molecule has 0 aliphatic carbocycles. The van der Waals surface area contributed by atoms with Gasteiger partial charge in [-0.3, -0.25) is 14.4 Å². The summed E-state index contributed by atoms with van der Waals surface area (Å²) in [5.41, 5.74) is 0. The molecule has 1 atom stereocenters. The van der Waals surface area contributed by atoms with Gasteiger partial charge in [-0.2, -0.15) is 0 Å². The van der Waals surface area contributed by atoms with Crippen LogP contribution in [0.4, 0.5) is 0 Å². The van der Waals surface area contributed by atoms with E-state index in [1.54, 1.807) is 0 Å². The van der Waals surface area contributed by atoms with Gasteiger partial charge in [0.2, 0.25) is 0 Å². The predicted octanol–water partition coefficient (Wildman–Crippen LogP) is 21.3. The number of hydrogen-bond donors (Lipinski definition) is 0. The number of unbranched alkanes of at least 4 members (excludes halogenated alkanes) is 29. The fourth-order valence-corrected chi connectivity index (χ4v) is 8.61. The van der Waals surface area contributed by atoms with Crippen molar-refractivity contribution in [3.8, 4) is 0 Å². The summed E-state index contributed by atoms with van der Waals surface area (Å²) in [4.78, 5) is 38.3. The lowest BCUT2D eigenvalue weighted by Crippen LogP contribution is -2.30. The minimum atomic E-state index is -0.794. The van der Waals surface area contributed by atoms with Crippen LogP contribution in [0.25, 0.3) is 0 Å². The molecule has 6 heteroatoms. The van der Waals surface area contributed by atoms with Crippen LogP contribution in [-0.4, -0.2) is 37.2 Å². The van der Waals surface area contributed by atoms with Crippen LogP contribution in [0.2, 0.25) is 0 Å². The summed E-state index contributed by atoms with van der Waals surface area (Å²) in [6.07, 6.45) is 82.5. The molecule has 1 unspecified atom stereocenters. The lowest BCUT2D eigenvalue weighted by atomic mass is 10.1. The van der Waals surface area contributed by atoms with Gasteiger partial charge in [-0.15, -0.1) is 0 Å². The highest BCUT2D eigenvalue weighted by Crippen LogP contribution is 2.15. The first kappa shape index (κ1) is 70.3. The smallest absolute Gasteiger partial charge is 0.306 e. The summed E-state index contributed by atoms with van der Waals surface area (Å²) >= 11 is 0. The Kier molecular flexibility index (Phi) is 58.8. The topological polar surface area (TPSA) is 78.9 Å². The third kappa shape index (κ3) is 59.2. The highest BCUT2D eigenvalue weighted by Gasteiger charge is 2.19. The van der Waals surface area contributed by atoms with Crippen molar-refractivity contribution in [2.24, 2.45) is 0 Å². The van der Waals surface area contributed by atoms with Crippen LogP contribution in [0.1, 0.15) is 297 Å². The Morgan fingerprint density at radius 2 is 0.527 bits per heavy atom. The van der Waals surface area contributed by atoms with Crippen LogP contribution >= 0.6 is 0 Å². The predicted molar refractivity (Wildman–Crippen MR) is 320 cm³/mol. The van der Waals surface area contributed by atoms with Crippen LogP contribution < -0.4 is 0 Å². The molecule has 0 heterocycles. The molecule has 0 N–H and O–H groups in total. The van der Waals surface area contributed by atoms with Crippen molar-refractivity contribution >= 4 is 17.9 Å². The molecule has 0 amide bonds. The fourth-order valence-electron chi connectivity index (χ4n) is 8.61. The average molecular weight is 1030 g/mol. The van der Waals surface area contributed by atoms with Crippen LogP contribution in [0.15, 0.2) is 97.2 Å². The van der Waals surface area contributed by atoms with E-state index < -0.39 is 6.10 Å². The second-order valence-electron chi connectivity index (χ2n) is 20.6. The highest BCUT2D eigenvalue weighted by atomic mass is 16.6. The van der Waals surface area contributed by atoms with Crippen molar-refractivity contribution in [1.29, 1.82) is 0 Å². The van der Waals surface area contributed by atoms with Gasteiger partial charge in [0.05, 0.1) is 0 Å². The van der Waals surface area contributed by atoms with Crippen molar-refractivity contribution in [3.05, 3.63) is 97.2 Å². The molecule has 0 rings (SSSR count). The zero-order valence-electron chi connectivity index (χ0n) is 48.6. The van der Waals surface area contributed by atoms with Crippen molar-refractivity contribution in [1.82, 2.24) is 0 Å². The minimum Gasteiger partial charge on any atom is -0.462 e. The van der Waals surface area contributed by atoms with E-state index in [2.05, 4.69) is 118 Å². The highest BCUT2D eigenvalue weighted by molar-refractivity contribution is 5.71. The van der Waals surface area contributed by atoms with Crippen LogP contribution in [0.3, 0.4) is 0 Å². The normalized spacial score (nSPS) is 12.7. The monoisotopic (exact) mass is 1030 g/mol. The molecule has 0 radical (unpaired) electrons. The largest absolute Gasteiger partial charge is 0.462 e. The Morgan fingerprint density at radius 3 is 0.865 bits per heavy atom. The summed E-state index contributed by atoms with van der Waals surface area (Å²) in [5.74, 6) is -0.912. The number of carbonyl (C=O) groups is 3. The maximum absolute atomic E-state index is 12.9. The Bertz CT molecular complexity index is 1460. The van der Waals surface area contributed by atoms with Gasteiger partial charge in [0, 0.05) is 19.3 Å². The Morgan fingerprint density at radius 1 is 0.284 bits per heavy atom. The molecule has 0 saturated carbocycles. The number of ether oxygens (including phenoxy) is 3. The summed E-state index contributed by atoms with van der Waals surface area (Å²) in [5, 5.41) is 0. The Hall–Kier alpha value is -3.67. The molecular formula is C68H116O6. The quantitative estimate of drug-likeness (QED) is 0.0261. The maximum atomic E-state index is 12.9. The van der Waals surface area contributed by atoms with Crippen molar-refractivity contribution in [2.45, 2.75) is 303 Å². The second-order valence-corrected chi connectivity index (χ2v) is 20.6. The SMILES string of the molecule is CC/C=C\C/C=C\C/C=C\C/C=C\C/C=C\CCCCCCCC(=O)OCC(COC(=O)CCCCCCCCC/C=C\C/C=C\CCCCC)OC(=O)CCCCCCCCC/C=C\CCCCCCCCC. The summed E-state index contributed by atoms with van der Waals surface area (Å²) in [6.45, 7) is 6.50. The minimum absolute atomic E-state index is 0.0895. The molecule has 0 aromatic rings. The maximum Gasteiger partial charge on any atom is 0.306 e. The van der Waals surface area contributed by atoms with Crippen molar-refractivity contribution in [2.75, 3.05) is 13.2 Å². The molecule has 0 aliphatic heterocycles. The van der Waals surface area contributed by atoms with Gasteiger partial charge in [0.25, 0.3) is 0 Å². The first-order valence-corrected chi connectivity index (χ1v) is 31.2. The summed E-state index contributed by atoms with van der Waals surface area (Å²) in [7, 11) is 0. The van der Waals surface area contributed by atoms with Gasteiger partial charge in [-0.05, 0) is 122 Å². The molecule has 0 bridgehead atoms. The summed E-state index contributed by atoms with van der Waals surface area (Å²) in [6, 6.07) is 0. The van der Waals surface area contributed by atoms with Crippen LogP contribution in [-0.2, 0) is 28.6 Å². The van der Waals surface area contributed by atoms with Gasteiger partial charge in [-0.1, -0.05) is 253 Å². The first-order chi connectivity index (χ1) is 36.5. The Labute approximate surface area is 457 Å². The molecule has 0 aromatic carbocycles. The molecule has 424 valence electrons. The summed E-state index contributed by atoms with van der Waals surface area (Å²) < 4.78 is 16.9. The first-order valence-electron chi connectivity index (χ1n) is 31.2. The van der Waals surface area contributed by atoms with Crippen LogP contribution in [0.5, 0.6) is 0 Å². The van der Waals surface area contributed by atoms with E-state index in [1.807, 2.05) is 0 Å². The van der Waals surface area contributed by atoms with Gasteiger partial charge in [-0.25, -0.2) is 0 Å². The molecule has 0 spiro atoms. The number of rotatable bonds is 56. The van der Waals surface area contributed by atoms with Crippen LogP contribution in [0, 0.1) is 0 Å². The van der Waals surface area contributed by atoms with E-state index in [0.717, 1.165) is 122 Å². The number of esters is 3. The molecule has 6 nitrogen and oxygen atoms in total. The van der Waals surface area contributed by atoms with E-state index >= 15 is 0 Å². The van der Waals surface area contributed by atoms with E-state index in [9.17, 15) is 14.4 Å². The molecule has 0 fully saturated rings. The molecule has 74 heavy (non-hydrogen) atoms. The lowest BCUT2D eigenvalue weighted by molar-refractivity contribution is -0.167. The number of carbonyl (C=O) groups excluding carboxylic acids is 3. The Balaban J connectivity index is 4.44. The lowest BCUT2D eigenvalue weighted by Gasteiger charge is -2.18. The van der Waals surface area contributed by atoms with E-state index in [1.165, 1.54) is 135 Å². The molecule has 0 aromatic heterocycles. The van der Waals surface area contributed by atoms with E-state index in [4.69, 9.17) is 14.2 Å². The third-order valence-corrected chi connectivity index (χ3v) is 13.3. The number of allylic oxidation sites excluding steroid dienone is 16. The zero-order chi connectivity index (χ0) is 53.6. The average Bonchev–Trinajstić information content (AvgIpc) is 3.40. The second kappa shape index (κ2) is 61.9. The van der Waals surface area contributed by atoms with Gasteiger partial charge < -0.3 is 14.2 Å². The van der Waals surface area contributed by atoms with E-state index in [-0.39, 0.29) is 31.1 Å². The fraction of sp³-hybridized carbons (Fsp3) is 0.721. The number of hydrogen-bond acceptors (Lipinski definition) is 6. The molecular weight excluding hydrogens is 913 g/mol. The van der Waals surface area contributed by atoms with Gasteiger partial charge in [0.1, 0.15) is 13.2 Å². The van der Waals surface area contributed by atoms with Crippen molar-refractivity contribution < 1.29 is 28.6 Å². The van der Waals surface area contributed by atoms with Crippen molar-refractivity contribution in [3.63, 3.8) is 0 Å². The molecule has 0 saturated heterocycles. The zero-order valence-corrected chi connectivity index (χ0v) is 48.6. The van der Waals surface area contributed by atoms with E-state index in [0.29, 0.717) is 19.3 Å². The third-order valence-electron chi connectivity index (χ3n) is 13.3. The van der Waals surface area contributed by atoms with Gasteiger partial charge in [0.15, 0.2) is 6.10 Å². The van der Waals surface area contributed by atoms with Gasteiger partial charge >= 0.3 is 17.9 Å². The standard InChI is InChI=1S/C68H116O6/c1-4-7-10-13-16-19-22-25-28-31-33-34-35-38-40-43-46-49-52-55-58-61-67(70)73-64-65(63-72-66(69)60-57-54-51-48-45-42-39-36-30-27-24-21-18-15-12-9-6-3)74-68(71)62-59-56-53-50-47-44-41-37-32-29-26-23-20-17-14-11-8-5-2/h7,10,16,18-19,21,25,27-30,32-34,38,40,65H,4-6,8-9,11-15,17,20,22-24,26,31,35-37,39,41-64H2,1-3H3/b10-7-,19-16-,21-18-,28-25-,30-27-,32-29-,34-33-,40-38-. The molecule has 0 aliphatic rings.